The molecule has 1 N–H and O–H groups in total. The molecule has 0 aromatic carbocycles. The summed E-state index contributed by atoms with van der Waals surface area (Å²) in [4.78, 5) is 2.37. The molecule has 0 aromatic rings. The van der Waals surface area contributed by atoms with Crippen molar-refractivity contribution in [3.63, 3.8) is 0 Å². The molecular weight excluding hydrogens is 272 g/mol. The first-order valence-corrected chi connectivity index (χ1v) is 4.53. The first-order chi connectivity index (χ1) is 3.93. The fourth-order valence-corrected chi connectivity index (χ4v) is 1.54. The maximum absolute atomic E-state index is 3.30. The molecule has 1 aliphatic heterocycles. The van der Waals surface area contributed by atoms with E-state index in [1.54, 1.807) is 19.4 Å². The van der Waals surface area contributed by atoms with E-state index in [0.29, 0.717) is 0 Å². The number of piperazine rings is 1. The van der Waals surface area contributed by atoms with Gasteiger partial charge in [0.05, 0.1) is 0 Å². The van der Waals surface area contributed by atoms with Crippen LogP contribution in [0.2, 0.25) is 0 Å². The average Bonchev–Trinajstić information content (AvgIpc) is 1.90. The molecule has 46 valence electrons. The zero-order chi connectivity index (χ0) is 5.82. The quantitative estimate of drug-likeness (QED) is 0.677. The summed E-state index contributed by atoms with van der Waals surface area (Å²) in [6.45, 7) is 4.71. The summed E-state index contributed by atoms with van der Waals surface area (Å²) < 4.78 is 2.24. The number of hydrogen-bond acceptors (Lipinski definition) is 2. The Morgan fingerprint density at radius 1 is 1.38 bits per heavy atom. The second-order valence-electron chi connectivity index (χ2n) is 1.89. The molecule has 0 spiro atoms. The molecule has 0 unspecified atom stereocenters. The van der Waals surface area contributed by atoms with Gasteiger partial charge in [0.1, 0.15) is 0 Å². The Kier molecular flexibility index (Phi) is 2.88. The monoisotopic (exact) mass is 282 g/mol. The van der Waals surface area contributed by atoms with Gasteiger partial charge in [-0.1, -0.05) is 0 Å². The van der Waals surface area contributed by atoms with Crippen LogP contribution >= 0.6 is 0 Å². The molecule has 2 nitrogen and oxygen atoms in total. The van der Waals surface area contributed by atoms with Crippen molar-refractivity contribution in [2.45, 2.75) is 0 Å². The molecule has 0 bridgehead atoms. The summed E-state index contributed by atoms with van der Waals surface area (Å²) in [7, 11) is 0. The molecule has 0 amide bonds. The number of nitrogens with zero attached hydrogens (tertiary/aromatic N) is 1. The van der Waals surface area contributed by atoms with Gasteiger partial charge < -0.3 is 0 Å². The summed E-state index contributed by atoms with van der Waals surface area (Å²) >= 11 is 1.56. The molecule has 0 saturated carbocycles. The normalized spacial score (nSPS) is 23.0. The van der Waals surface area contributed by atoms with Crippen LogP contribution in [0.5, 0.6) is 0 Å². The Hall–Kier alpha value is 0.478. The Morgan fingerprint density at radius 3 is 2.38 bits per heavy atom. The third kappa shape index (κ3) is 1.77. The van der Waals surface area contributed by atoms with Crippen molar-refractivity contribution in [1.82, 2.24) is 10.2 Å². The van der Waals surface area contributed by atoms with E-state index in [9.17, 15) is 0 Å². The SMILES string of the molecule is [W]=[CH]N1CCNCC1. The third-order valence-electron chi connectivity index (χ3n) is 1.30. The van der Waals surface area contributed by atoms with E-state index in [2.05, 4.69) is 14.7 Å². The van der Waals surface area contributed by atoms with Crippen LogP contribution in [0.4, 0.5) is 0 Å². The molecule has 1 fully saturated rings. The second kappa shape index (κ2) is 3.49. The van der Waals surface area contributed by atoms with Gasteiger partial charge in [0.2, 0.25) is 0 Å². The molecule has 8 heavy (non-hydrogen) atoms. The Morgan fingerprint density at radius 2 is 2.00 bits per heavy atom. The van der Waals surface area contributed by atoms with Crippen molar-refractivity contribution in [2.75, 3.05) is 26.2 Å². The van der Waals surface area contributed by atoms with Gasteiger partial charge in [-0.3, -0.25) is 0 Å². The summed E-state index contributed by atoms with van der Waals surface area (Å²) in [6.07, 6.45) is 0. The second-order valence-corrected chi connectivity index (χ2v) is 2.65. The van der Waals surface area contributed by atoms with Gasteiger partial charge in [0.25, 0.3) is 0 Å². The molecule has 0 aliphatic carbocycles. The fourth-order valence-electron chi connectivity index (χ4n) is 0.788. The predicted molar refractivity (Wildman–Crippen MR) is 30.5 cm³/mol. The maximum atomic E-state index is 3.30. The van der Waals surface area contributed by atoms with Crippen LogP contribution in [0.1, 0.15) is 0 Å². The Balaban J connectivity index is 2.22. The van der Waals surface area contributed by atoms with Gasteiger partial charge in [0.15, 0.2) is 0 Å². The van der Waals surface area contributed by atoms with E-state index in [1.165, 1.54) is 13.1 Å². The minimum atomic E-state index is 1.16. The molecule has 0 atom stereocenters. The van der Waals surface area contributed by atoms with Crippen LogP contribution in [-0.2, 0) is 19.4 Å². The van der Waals surface area contributed by atoms with Gasteiger partial charge in [-0.15, -0.1) is 0 Å². The van der Waals surface area contributed by atoms with Gasteiger partial charge in [-0.25, -0.2) is 0 Å². The topological polar surface area (TPSA) is 15.3 Å². The molecule has 1 heterocycles. The van der Waals surface area contributed by atoms with Gasteiger partial charge in [-0.2, -0.15) is 0 Å². The van der Waals surface area contributed by atoms with Gasteiger partial charge in [-0.05, 0) is 0 Å². The van der Waals surface area contributed by atoms with Crippen molar-refractivity contribution in [3.05, 3.63) is 0 Å². The molecule has 1 aliphatic rings. The first-order valence-electron chi connectivity index (χ1n) is 2.83. The van der Waals surface area contributed by atoms with Crippen molar-refractivity contribution in [3.8, 4) is 0 Å². The van der Waals surface area contributed by atoms with Crippen molar-refractivity contribution in [2.24, 2.45) is 0 Å². The van der Waals surface area contributed by atoms with E-state index in [0.717, 1.165) is 13.1 Å². The number of nitrogens with one attached hydrogen (secondary N) is 1. The average molecular weight is 282 g/mol. The van der Waals surface area contributed by atoms with Gasteiger partial charge >= 0.3 is 60.3 Å². The summed E-state index contributed by atoms with van der Waals surface area (Å²) in [5.41, 5.74) is 0. The van der Waals surface area contributed by atoms with Crippen molar-refractivity contribution >= 4 is 4.52 Å². The van der Waals surface area contributed by atoms with Crippen molar-refractivity contribution < 1.29 is 19.4 Å². The molecule has 3 heteroatoms. The van der Waals surface area contributed by atoms with Crippen molar-refractivity contribution in [1.29, 1.82) is 0 Å². The summed E-state index contributed by atoms with van der Waals surface area (Å²) in [5, 5.41) is 3.30. The van der Waals surface area contributed by atoms with E-state index in [-0.39, 0.29) is 0 Å². The van der Waals surface area contributed by atoms with E-state index in [1.807, 2.05) is 0 Å². The Labute approximate surface area is 60.7 Å². The van der Waals surface area contributed by atoms with Gasteiger partial charge in [0, 0.05) is 0 Å². The summed E-state index contributed by atoms with van der Waals surface area (Å²) in [6, 6.07) is 0. The standard InChI is InChI=1S/C5H10N2.W/c1-7-4-2-6-3-5-7;/h1,6H,2-5H2;. The van der Waals surface area contributed by atoms with Crippen LogP contribution in [0, 0.1) is 0 Å². The van der Waals surface area contributed by atoms with Crippen LogP contribution in [-0.4, -0.2) is 35.6 Å². The van der Waals surface area contributed by atoms with Crippen LogP contribution in [0.25, 0.3) is 0 Å². The number of hydrogen-bond donors (Lipinski definition) is 1. The minimum absolute atomic E-state index is 1.16. The number of rotatable bonds is 1. The van der Waals surface area contributed by atoms with Crippen LogP contribution in [0.15, 0.2) is 0 Å². The summed E-state index contributed by atoms with van der Waals surface area (Å²) in [5.74, 6) is 0. The van der Waals surface area contributed by atoms with E-state index < -0.39 is 0 Å². The zero-order valence-corrected chi connectivity index (χ0v) is 7.69. The molecule has 0 radical (unpaired) electrons. The molecule has 0 aromatic heterocycles. The van der Waals surface area contributed by atoms with Crippen LogP contribution < -0.4 is 5.32 Å². The van der Waals surface area contributed by atoms with E-state index in [4.69, 9.17) is 0 Å². The zero-order valence-electron chi connectivity index (χ0n) is 4.76. The third-order valence-corrected chi connectivity index (χ3v) is 2.37. The Bertz CT molecular complexity index is 78.5. The first kappa shape index (κ1) is 6.60. The molecule has 1 saturated heterocycles. The predicted octanol–water partition coefficient (Wildman–Crippen LogP) is -0.802. The molecule has 1 rings (SSSR count). The van der Waals surface area contributed by atoms with E-state index >= 15 is 0 Å². The molecular formula is C5H10N2W. The van der Waals surface area contributed by atoms with Crippen LogP contribution in [0.3, 0.4) is 0 Å². The fraction of sp³-hybridized carbons (Fsp3) is 0.800.